The monoisotopic (exact) mass is 378 g/mol. The normalized spacial score (nSPS) is 12.3. The Bertz CT molecular complexity index is 688. The van der Waals surface area contributed by atoms with Crippen molar-refractivity contribution >= 4 is 38.1 Å². The number of benzene rings is 2. The van der Waals surface area contributed by atoms with Crippen LogP contribution in [-0.4, -0.2) is 38.1 Å². The maximum absolute atomic E-state index is 12.5. The van der Waals surface area contributed by atoms with Gasteiger partial charge in [0.25, 0.3) is 0 Å². The lowest BCUT2D eigenvalue weighted by Gasteiger charge is -2.12. The molecular weight excluding hydrogens is 352 g/mol. The number of Topliss-reactive ketones (excluding diaryl/α,β-unsaturated/α-hetero) is 1. The molecule has 0 aliphatic rings. The molecule has 0 saturated heterocycles. The van der Waals surface area contributed by atoms with E-state index in [-0.39, 0.29) is 5.92 Å². The maximum atomic E-state index is 12.5. The van der Waals surface area contributed by atoms with E-state index in [1.54, 1.807) is 14.2 Å². The first-order valence-corrected chi connectivity index (χ1v) is 11.0. The van der Waals surface area contributed by atoms with Crippen LogP contribution in [0.3, 0.4) is 0 Å². The van der Waals surface area contributed by atoms with Gasteiger partial charge in [-0.3, -0.25) is 4.79 Å². The quantitative estimate of drug-likeness (QED) is 0.390. The van der Waals surface area contributed by atoms with Gasteiger partial charge in [0, 0.05) is 31.0 Å². The summed E-state index contributed by atoms with van der Waals surface area (Å²) in [4.78, 5) is 12.5. The van der Waals surface area contributed by atoms with Gasteiger partial charge in [-0.2, -0.15) is 0 Å². The molecule has 0 radical (unpaired) electrons. The molecule has 0 heterocycles. The summed E-state index contributed by atoms with van der Waals surface area (Å²) in [7, 11) is 7.02. The van der Waals surface area contributed by atoms with Gasteiger partial charge < -0.3 is 9.47 Å². The Morgan fingerprint density at radius 3 is 2.52 bits per heavy atom. The van der Waals surface area contributed by atoms with Crippen LogP contribution in [0.25, 0.3) is 10.8 Å². The first-order valence-electron chi connectivity index (χ1n) is 8.49. The third-order valence-corrected chi connectivity index (χ3v) is 6.61. The van der Waals surface area contributed by atoms with Crippen molar-refractivity contribution in [2.24, 2.45) is 0 Å². The number of rotatable bonds is 11. The largest absolute Gasteiger partial charge is 0.497 e. The van der Waals surface area contributed by atoms with Gasteiger partial charge in [-0.1, -0.05) is 52.8 Å². The highest BCUT2D eigenvalue weighted by Gasteiger charge is 2.15. The van der Waals surface area contributed by atoms with Gasteiger partial charge in [0.2, 0.25) is 0 Å². The predicted octanol–water partition coefficient (Wildman–Crippen LogP) is 5.33. The molecule has 1 atom stereocenters. The number of ether oxygens (including phenoxy) is 2. The molecule has 2 aromatic carbocycles. The molecule has 0 N–H and O–H groups in total. The maximum Gasteiger partial charge on any atom is 0.140 e. The van der Waals surface area contributed by atoms with Crippen molar-refractivity contribution in [2.45, 2.75) is 25.7 Å². The van der Waals surface area contributed by atoms with E-state index in [4.69, 9.17) is 9.47 Å². The van der Waals surface area contributed by atoms with Crippen molar-refractivity contribution in [2.75, 3.05) is 32.3 Å². The van der Waals surface area contributed by atoms with Crippen LogP contribution >= 0.6 is 21.6 Å². The highest BCUT2D eigenvalue weighted by Crippen LogP contribution is 2.27. The molecule has 0 aliphatic heterocycles. The summed E-state index contributed by atoms with van der Waals surface area (Å²) in [6, 6.07) is 12.3. The van der Waals surface area contributed by atoms with E-state index in [9.17, 15) is 4.79 Å². The third kappa shape index (κ3) is 6.24. The summed E-state index contributed by atoms with van der Waals surface area (Å²) in [5.41, 5.74) is 1.09. The summed E-state index contributed by atoms with van der Waals surface area (Å²) >= 11 is 0. The van der Waals surface area contributed by atoms with Gasteiger partial charge in [-0.15, -0.1) is 0 Å². The Kier molecular flexibility index (Phi) is 8.65. The zero-order valence-electron chi connectivity index (χ0n) is 15.1. The van der Waals surface area contributed by atoms with E-state index < -0.39 is 0 Å². The fraction of sp³-hybridized carbons (Fsp3) is 0.450. The van der Waals surface area contributed by atoms with Crippen molar-refractivity contribution < 1.29 is 14.3 Å². The standard InChI is InChI=1S/C20H26O3S2/c1-15(20(21)5-4-11-24-25-12-10-22-2)16-6-7-18-14-19(23-3)9-8-17(18)13-16/h6-9,13-15H,4-5,10-12H2,1-3H3. The van der Waals surface area contributed by atoms with Crippen molar-refractivity contribution in [3.63, 3.8) is 0 Å². The Morgan fingerprint density at radius 2 is 1.76 bits per heavy atom. The topological polar surface area (TPSA) is 35.5 Å². The number of fused-ring (bicyclic) bond motifs is 1. The van der Waals surface area contributed by atoms with Crippen LogP contribution in [0.15, 0.2) is 36.4 Å². The van der Waals surface area contributed by atoms with E-state index in [0.29, 0.717) is 12.2 Å². The Morgan fingerprint density at radius 1 is 1.04 bits per heavy atom. The van der Waals surface area contributed by atoms with E-state index in [2.05, 4.69) is 18.2 Å². The fourth-order valence-electron chi connectivity index (χ4n) is 2.58. The number of ketones is 1. The number of hydrogen-bond donors (Lipinski definition) is 0. The summed E-state index contributed by atoms with van der Waals surface area (Å²) in [5.74, 6) is 3.11. The zero-order valence-corrected chi connectivity index (χ0v) is 16.8. The smallest absolute Gasteiger partial charge is 0.140 e. The molecule has 25 heavy (non-hydrogen) atoms. The van der Waals surface area contributed by atoms with Crippen molar-refractivity contribution in [1.82, 2.24) is 0 Å². The van der Waals surface area contributed by atoms with Crippen LogP contribution in [0, 0.1) is 0 Å². The van der Waals surface area contributed by atoms with Crippen molar-refractivity contribution in [3.8, 4) is 5.75 Å². The van der Waals surface area contributed by atoms with Crippen molar-refractivity contribution in [1.29, 1.82) is 0 Å². The molecule has 0 saturated carbocycles. The average Bonchev–Trinajstić information content (AvgIpc) is 2.65. The minimum absolute atomic E-state index is 0.0577. The molecule has 0 aliphatic carbocycles. The Labute approximate surface area is 158 Å². The van der Waals surface area contributed by atoms with Gasteiger partial charge in [-0.25, -0.2) is 0 Å². The summed E-state index contributed by atoms with van der Waals surface area (Å²) in [6.45, 7) is 2.79. The highest BCUT2D eigenvalue weighted by atomic mass is 33.1. The number of carbonyl (C=O) groups excluding carboxylic acids is 1. The van der Waals surface area contributed by atoms with Gasteiger partial charge in [0.1, 0.15) is 11.5 Å². The zero-order chi connectivity index (χ0) is 18.1. The lowest BCUT2D eigenvalue weighted by Crippen LogP contribution is -2.09. The second-order valence-corrected chi connectivity index (χ2v) is 8.60. The van der Waals surface area contributed by atoms with Gasteiger partial charge in [-0.05, 0) is 34.9 Å². The minimum atomic E-state index is -0.0577. The molecule has 5 heteroatoms. The SMILES string of the molecule is COCCSSCCCC(=O)C(C)c1ccc2cc(OC)ccc2c1. The Balaban J connectivity index is 1.85. The number of hydrogen-bond acceptors (Lipinski definition) is 5. The van der Waals surface area contributed by atoms with Crippen molar-refractivity contribution in [3.05, 3.63) is 42.0 Å². The molecule has 0 aromatic heterocycles. The fourth-order valence-corrected chi connectivity index (χ4v) is 4.58. The number of methoxy groups -OCH3 is 2. The summed E-state index contributed by atoms with van der Waals surface area (Å²) in [6.07, 6.45) is 1.57. The van der Waals surface area contributed by atoms with Crippen LogP contribution in [0.1, 0.15) is 31.2 Å². The lowest BCUT2D eigenvalue weighted by atomic mass is 9.92. The van der Waals surface area contributed by atoms with Crippen LogP contribution in [0.5, 0.6) is 5.75 Å². The molecule has 136 valence electrons. The average molecular weight is 379 g/mol. The van der Waals surface area contributed by atoms with E-state index >= 15 is 0 Å². The van der Waals surface area contributed by atoms with Gasteiger partial charge >= 0.3 is 0 Å². The van der Waals surface area contributed by atoms with Crippen LogP contribution in [0.2, 0.25) is 0 Å². The van der Waals surface area contributed by atoms with Crippen LogP contribution < -0.4 is 4.74 Å². The molecule has 3 nitrogen and oxygen atoms in total. The summed E-state index contributed by atoms with van der Waals surface area (Å²) < 4.78 is 10.3. The highest BCUT2D eigenvalue weighted by molar-refractivity contribution is 8.76. The van der Waals surface area contributed by atoms with E-state index in [0.717, 1.165) is 46.6 Å². The second kappa shape index (κ2) is 10.7. The lowest BCUT2D eigenvalue weighted by molar-refractivity contribution is -0.120. The summed E-state index contributed by atoms with van der Waals surface area (Å²) in [5, 5.41) is 2.27. The minimum Gasteiger partial charge on any atom is -0.497 e. The predicted molar refractivity (Wildman–Crippen MR) is 110 cm³/mol. The van der Waals surface area contributed by atoms with E-state index in [1.165, 1.54) is 0 Å². The molecular formula is C20H26O3S2. The van der Waals surface area contributed by atoms with Crippen LogP contribution in [0.4, 0.5) is 0 Å². The second-order valence-electron chi connectivity index (χ2n) is 5.90. The van der Waals surface area contributed by atoms with Crippen LogP contribution in [-0.2, 0) is 9.53 Å². The molecule has 2 aromatic rings. The number of carbonyl (C=O) groups is 1. The van der Waals surface area contributed by atoms with Gasteiger partial charge in [0.15, 0.2) is 0 Å². The third-order valence-electron chi connectivity index (χ3n) is 4.16. The molecule has 2 rings (SSSR count). The van der Waals surface area contributed by atoms with Gasteiger partial charge in [0.05, 0.1) is 13.7 Å². The van der Waals surface area contributed by atoms with E-state index in [1.807, 2.05) is 46.7 Å². The molecule has 0 amide bonds. The molecule has 0 fully saturated rings. The molecule has 0 spiro atoms. The Hall–Kier alpha value is -1.17. The molecule has 1 unspecified atom stereocenters. The molecule has 0 bridgehead atoms. The first kappa shape index (κ1) is 20.1. The first-order chi connectivity index (χ1) is 12.2.